The van der Waals surface area contributed by atoms with E-state index in [2.05, 4.69) is 11.9 Å². The van der Waals surface area contributed by atoms with Crippen molar-refractivity contribution in [2.45, 2.75) is 0 Å². The highest BCUT2D eigenvalue weighted by molar-refractivity contribution is 7.80. The van der Waals surface area contributed by atoms with Crippen LogP contribution >= 0.6 is 12.2 Å². The summed E-state index contributed by atoms with van der Waals surface area (Å²) in [5.41, 5.74) is 0.593. The van der Waals surface area contributed by atoms with Crippen LogP contribution in [0.4, 0.5) is 4.39 Å². The normalized spacial score (nSPS) is 16.3. The predicted octanol–water partition coefficient (Wildman–Crippen LogP) is 2.90. The molecule has 1 aromatic heterocycles. The summed E-state index contributed by atoms with van der Waals surface area (Å²) in [7, 11) is 0. The first-order valence-corrected chi connectivity index (χ1v) is 7.76. The zero-order chi connectivity index (χ0) is 18.0. The first-order valence-electron chi connectivity index (χ1n) is 7.35. The van der Waals surface area contributed by atoms with Crippen LogP contribution in [0.3, 0.4) is 0 Å². The average molecular weight is 356 g/mol. The van der Waals surface area contributed by atoms with Crippen LogP contribution in [0.1, 0.15) is 5.76 Å². The van der Waals surface area contributed by atoms with Gasteiger partial charge in [0.15, 0.2) is 5.11 Å². The number of thiocarbonyl (C=S) groups is 1. The van der Waals surface area contributed by atoms with Crippen molar-refractivity contribution in [3.63, 3.8) is 0 Å². The summed E-state index contributed by atoms with van der Waals surface area (Å²) in [6, 6.07) is 9.10. The van der Waals surface area contributed by atoms with Gasteiger partial charge in [0.2, 0.25) is 0 Å². The number of rotatable bonds is 4. The van der Waals surface area contributed by atoms with Gasteiger partial charge in [0.05, 0.1) is 0 Å². The molecule has 1 fully saturated rings. The van der Waals surface area contributed by atoms with Crippen LogP contribution in [-0.2, 0) is 9.59 Å². The molecule has 2 aromatic rings. The number of benzene rings is 1. The summed E-state index contributed by atoms with van der Waals surface area (Å²) < 4.78 is 18.6. The Kier molecular flexibility index (Phi) is 4.58. The molecule has 0 aliphatic carbocycles. The monoisotopic (exact) mass is 356 g/mol. The van der Waals surface area contributed by atoms with Gasteiger partial charge in [-0.2, -0.15) is 0 Å². The van der Waals surface area contributed by atoms with Crippen LogP contribution in [0.5, 0.6) is 0 Å². The van der Waals surface area contributed by atoms with Gasteiger partial charge < -0.3 is 4.42 Å². The van der Waals surface area contributed by atoms with E-state index < -0.39 is 11.8 Å². The molecule has 0 unspecified atom stereocenters. The van der Waals surface area contributed by atoms with Crippen molar-refractivity contribution in [1.29, 1.82) is 0 Å². The van der Waals surface area contributed by atoms with Crippen molar-refractivity contribution in [1.82, 2.24) is 10.2 Å². The zero-order valence-corrected chi connectivity index (χ0v) is 13.8. The number of amides is 2. The number of halogens is 1. The Balaban J connectivity index is 1.90. The van der Waals surface area contributed by atoms with E-state index in [0.29, 0.717) is 17.1 Å². The van der Waals surface area contributed by atoms with Crippen molar-refractivity contribution in [3.8, 4) is 11.3 Å². The fourth-order valence-corrected chi connectivity index (χ4v) is 2.58. The number of furan rings is 1. The largest absolute Gasteiger partial charge is 0.457 e. The Labute approximate surface area is 148 Å². The predicted molar refractivity (Wildman–Crippen MR) is 94.7 cm³/mol. The van der Waals surface area contributed by atoms with Crippen LogP contribution < -0.4 is 5.32 Å². The number of nitrogens with one attached hydrogen (secondary N) is 1. The lowest BCUT2D eigenvalue weighted by atomic mass is 10.1. The fraction of sp³-hybridized carbons (Fsp3) is 0.0556. The van der Waals surface area contributed by atoms with Gasteiger partial charge in [-0.05, 0) is 54.7 Å². The van der Waals surface area contributed by atoms with Gasteiger partial charge in [0.1, 0.15) is 22.9 Å². The van der Waals surface area contributed by atoms with Crippen LogP contribution in [0.2, 0.25) is 0 Å². The third kappa shape index (κ3) is 3.41. The molecule has 7 heteroatoms. The summed E-state index contributed by atoms with van der Waals surface area (Å²) in [5.74, 6) is -0.637. The minimum atomic E-state index is -0.588. The first-order chi connectivity index (χ1) is 12.0. The Morgan fingerprint density at radius 1 is 1.20 bits per heavy atom. The minimum absolute atomic E-state index is 0.0403. The van der Waals surface area contributed by atoms with Crippen LogP contribution in [-0.4, -0.2) is 28.4 Å². The van der Waals surface area contributed by atoms with E-state index in [0.717, 1.165) is 0 Å². The molecule has 1 N–H and O–H groups in total. The number of hydrogen-bond donors (Lipinski definition) is 1. The van der Waals surface area contributed by atoms with E-state index in [-0.39, 0.29) is 23.0 Å². The van der Waals surface area contributed by atoms with Gasteiger partial charge >= 0.3 is 0 Å². The summed E-state index contributed by atoms with van der Waals surface area (Å²) >= 11 is 4.99. The van der Waals surface area contributed by atoms with Gasteiger partial charge in [-0.25, -0.2) is 4.39 Å². The van der Waals surface area contributed by atoms with Gasteiger partial charge in [0, 0.05) is 12.1 Å². The van der Waals surface area contributed by atoms with Crippen molar-refractivity contribution in [2.75, 3.05) is 6.54 Å². The highest BCUT2D eigenvalue weighted by Gasteiger charge is 2.32. The van der Waals surface area contributed by atoms with E-state index in [1.807, 2.05) is 0 Å². The second-order valence-corrected chi connectivity index (χ2v) is 5.62. The van der Waals surface area contributed by atoms with E-state index in [1.54, 1.807) is 24.3 Å². The second-order valence-electron chi connectivity index (χ2n) is 5.23. The summed E-state index contributed by atoms with van der Waals surface area (Å²) in [5, 5.41) is 2.50. The maximum atomic E-state index is 13.0. The van der Waals surface area contributed by atoms with Crippen molar-refractivity contribution in [2.24, 2.45) is 0 Å². The van der Waals surface area contributed by atoms with Crippen LogP contribution in [0, 0.1) is 5.82 Å². The maximum Gasteiger partial charge on any atom is 0.266 e. The highest BCUT2D eigenvalue weighted by atomic mass is 32.1. The number of carbonyl (C=O) groups excluding carboxylic acids is 2. The molecule has 0 radical (unpaired) electrons. The molecule has 0 saturated carbocycles. The minimum Gasteiger partial charge on any atom is -0.457 e. The van der Waals surface area contributed by atoms with E-state index in [1.165, 1.54) is 29.2 Å². The summed E-state index contributed by atoms with van der Waals surface area (Å²) in [6.07, 6.45) is 2.86. The lowest BCUT2D eigenvalue weighted by Crippen LogP contribution is -2.53. The maximum absolute atomic E-state index is 13.0. The molecular weight excluding hydrogens is 343 g/mol. The van der Waals surface area contributed by atoms with Gasteiger partial charge in [-0.1, -0.05) is 6.08 Å². The molecule has 1 aliphatic heterocycles. The molecule has 2 amide bonds. The Morgan fingerprint density at radius 3 is 2.60 bits per heavy atom. The second kappa shape index (κ2) is 6.82. The molecule has 2 heterocycles. The molecule has 0 bridgehead atoms. The molecule has 1 saturated heterocycles. The average Bonchev–Trinajstić information content (AvgIpc) is 3.05. The van der Waals surface area contributed by atoms with E-state index in [4.69, 9.17) is 16.6 Å². The third-order valence-electron chi connectivity index (χ3n) is 3.54. The van der Waals surface area contributed by atoms with Crippen molar-refractivity contribution < 1.29 is 18.4 Å². The lowest BCUT2D eigenvalue weighted by Gasteiger charge is -2.27. The van der Waals surface area contributed by atoms with Gasteiger partial charge in [0.25, 0.3) is 11.8 Å². The van der Waals surface area contributed by atoms with Gasteiger partial charge in [-0.15, -0.1) is 6.58 Å². The Bertz CT molecular complexity index is 899. The number of nitrogens with zero attached hydrogens (tertiary/aromatic N) is 1. The molecule has 0 spiro atoms. The standard InChI is InChI=1S/C18H13FN2O3S/c1-2-9-21-17(23)14(16(22)20-18(21)25)10-13-7-8-15(24-13)11-3-5-12(19)6-4-11/h2-8,10H,1,9H2,(H,20,22,25)/b14-10+. The first kappa shape index (κ1) is 16.8. The number of hydrogen-bond acceptors (Lipinski definition) is 4. The SMILES string of the molecule is C=CCN1C(=O)/C(=C/c2ccc(-c3ccc(F)cc3)o2)C(=O)NC1=S. The summed E-state index contributed by atoms with van der Waals surface area (Å²) in [6.45, 7) is 3.75. The van der Waals surface area contributed by atoms with Crippen molar-refractivity contribution >= 4 is 35.2 Å². The smallest absolute Gasteiger partial charge is 0.266 e. The molecule has 126 valence electrons. The fourth-order valence-electron chi connectivity index (χ4n) is 2.33. The molecule has 0 atom stereocenters. The Hall–Kier alpha value is -3.06. The quantitative estimate of drug-likeness (QED) is 0.396. The zero-order valence-electron chi connectivity index (χ0n) is 13.0. The number of carbonyl (C=O) groups is 2. The molecule has 1 aromatic carbocycles. The van der Waals surface area contributed by atoms with Gasteiger partial charge in [-0.3, -0.25) is 19.8 Å². The van der Waals surface area contributed by atoms with Crippen molar-refractivity contribution in [3.05, 3.63) is 66.2 Å². The molecular formula is C18H13FN2O3S. The highest BCUT2D eigenvalue weighted by Crippen LogP contribution is 2.24. The van der Waals surface area contributed by atoms with E-state index >= 15 is 0 Å². The van der Waals surface area contributed by atoms with Crippen LogP contribution in [0.25, 0.3) is 17.4 Å². The summed E-state index contributed by atoms with van der Waals surface area (Å²) in [4.78, 5) is 25.7. The lowest BCUT2D eigenvalue weighted by molar-refractivity contribution is -0.128. The molecule has 5 nitrogen and oxygen atoms in total. The topological polar surface area (TPSA) is 62.6 Å². The van der Waals surface area contributed by atoms with E-state index in [9.17, 15) is 14.0 Å². The molecule has 3 rings (SSSR count). The third-order valence-corrected chi connectivity index (χ3v) is 3.86. The van der Waals surface area contributed by atoms with Crippen LogP contribution in [0.15, 0.2) is 59.0 Å². The molecule has 1 aliphatic rings. The Morgan fingerprint density at radius 2 is 1.92 bits per heavy atom. The molecule has 25 heavy (non-hydrogen) atoms.